The molecule has 1 aliphatic heterocycles. The maximum Gasteiger partial charge on any atom is 0.231 e. The van der Waals surface area contributed by atoms with Gasteiger partial charge in [-0.2, -0.15) is 0 Å². The molecule has 2 atom stereocenters. The van der Waals surface area contributed by atoms with Gasteiger partial charge in [0.2, 0.25) is 5.91 Å². The summed E-state index contributed by atoms with van der Waals surface area (Å²) in [6, 6.07) is 7.58. The first-order valence-corrected chi connectivity index (χ1v) is 6.75. The lowest BCUT2D eigenvalue weighted by Gasteiger charge is -2.15. The molecule has 1 aromatic rings. The highest BCUT2D eigenvalue weighted by molar-refractivity contribution is 5.85. The second kappa shape index (κ2) is 6.06. The number of aliphatic hydroxyl groups is 1. The van der Waals surface area contributed by atoms with Crippen molar-refractivity contribution in [1.29, 1.82) is 0 Å². The Morgan fingerprint density at radius 2 is 2.21 bits per heavy atom. The summed E-state index contributed by atoms with van der Waals surface area (Å²) >= 11 is 0. The van der Waals surface area contributed by atoms with Gasteiger partial charge in [0.15, 0.2) is 0 Å². The maximum absolute atomic E-state index is 12.1. The fourth-order valence-corrected chi connectivity index (χ4v) is 2.35. The minimum absolute atomic E-state index is 0.0762. The third kappa shape index (κ3) is 3.47. The Kier molecular flexibility index (Phi) is 4.43. The standard InChI is InChI=1S/C15H21NO3/c1-10(2)7-11(17)8-16-15(18)13-9-19-14-6-4-3-5-12(13)14/h3-6,10-11,13,17H,7-9H2,1-2H3,(H,16,18)/t11-,13+/m1/s1. The molecule has 0 fully saturated rings. The van der Waals surface area contributed by atoms with Crippen LogP contribution in [0.2, 0.25) is 0 Å². The van der Waals surface area contributed by atoms with Crippen molar-refractivity contribution >= 4 is 5.91 Å². The van der Waals surface area contributed by atoms with Gasteiger partial charge in [-0.25, -0.2) is 0 Å². The number of nitrogens with one attached hydrogen (secondary N) is 1. The van der Waals surface area contributed by atoms with Gasteiger partial charge in [0.25, 0.3) is 0 Å². The minimum atomic E-state index is -0.485. The summed E-state index contributed by atoms with van der Waals surface area (Å²) in [6.45, 7) is 4.78. The van der Waals surface area contributed by atoms with Crippen molar-refractivity contribution < 1.29 is 14.6 Å². The number of amides is 1. The zero-order valence-corrected chi connectivity index (χ0v) is 11.4. The van der Waals surface area contributed by atoms with Gasteiger partial charge in [-0.05, 0) is 18.4 Å². The molecule has 1 amide bonds. The molecule has 104 valence electrons. The van der Waals surface area contributed by atoms with E-state index in [0.29, 0.717) is 25.5 Å². The number of rotatable bonds is 5. The highest BCUT2D eigenvalue weighted by Crippen LogP contribution is 2.33. The number of ether oxygens (including phenoxy) is 1. The Bertz CT molecular complexity index is 445. The van der Waals surface area contributed by atoms with Crippen LogP contribution in [0.1, 0.15) is 31.7 Å². The van der Waals surface area contributed by atoms with Crippen LogP contribution in [0.25, 0.3) is 0 Å². The van der Waals surface area contributed by atoms with Gasteiger partial charge in [-0.3, -0.25) is 4.79 Å². The molecular weight excluding hydrogens is 242 g/mol. The first-order chi connectivity index (χ1) is 9.08. The normalized spacial score (nSPS) is 18.8. The fraction of sp³-hybridized carbons (Fsp3) is 0.533. The van der Waals surface area contributed by atoms with Gasteiger partial charge >= 0.3 is 0 Å². The molecule has 0 radical (unpaired) electrons. The van der Waals surface area contributed by atoms with E-state index >= 15 is 0 Å². The second-order valence-corrected chi connectivity index (χ2v) is 5.43. The zero-order valence-electron chi connectivity index (χ0n) is 11.4. The van der Waals surface area contributed by atoms with Crippen molar-refractivity contribution in [3.63, 3.8) is 0 Å². The zero-order chi connectivity index (χ0) is 13.8. The number of carbonyl (C=O) groups excluding carboxylic acids is 1. The van der Waals surface area contributed by atoms with E-state index in [1.165, 1.54) is 0 Å². The Balaban J connectivity index is 1.88. The highest BCUT2D eigenvalue weighted by atomic mass is 16.5. The van der Waals surface area contributed by atoms with E-state index in [-0.39, 0.29) is 11.8 Å². The van der Waals surface area contributed by atoms with Crippen LogP contribution in [0.3, 0.4) is 0 Å². The molecule has 0 aliphatic carbocycles. The first kappa shape index (κ1) is 13.9. The summed E-state index contributed by atoms with van der Waals surface area (Å²) in [6.07, 6.45) is 0.208. The number of aliphatic hydroxyl groups excluding tert-OH is 1. The molecule has 0 unspecified atom stereocenters. The Labute approximate surface area is 113 Å². The van der Waals surface area contributed by atoms with Crippen molar-refractivity contribution in [2.75, 3.05) is 13.2 Å². The summed E-state index contributed by atoms with van der Waals surface area (Å²) < 4.78 is 5.48. The summed E-state index contributed by atoms with van der Waals surface area (Å²) in [4.78, 5) is 12.1. The highest BCUT2D eigenvalue weighted by Gasteiger charge is 2.29. The summed E-state index contributed by atoms with van der Waals surface area (Å²) in [5, 5.41) is 12.6. The third-order valence-electron chi connectivity index (χ3n) is 3.27. The van der Waals surface area contributed by atoms with Crippen LogP contribution in [0.4, 0.5) is 0 Å². The Morgan fingerprint density at radius 1 is 1.47 bits per heavy atom. The van der Waals surface area contributed by atoms with Crippen LogP contribution in [0.5, 0.6) is 5.75 Å². The van der Waals surface area contributed by atoms with E-state index in [9.17, 15) is 9.90 Å². The SMILES string of the molecule is CC(C)C[C@@H](O)CNC(=O)[C@H]1COc2ccccc21. The lowest BCUT2D eigenvalue weighted by atomic mass is 10.0. The van der Waals surface area contributed by atoms with Crippen LogP contribution >= 0.6 is 0 Å². The van der Waals surface area contributed by atoms with E-state index in [1.807, 2.05) is 38.1 Å². The average Bonchev–Trinajstić information content (AvgIpc) is 2.79. The topological polar surface area (TPSA) is 58.6 Å². The van der Waals surface area contributed by atoms with E-state index in [2.05, 4.69) is 5.32 Å². The average molecular weight is 263 g/mol. The van der Waals surface area contributed by atoms with Gasteiger partial charge in [-0.15, -0.1) is 0 Å². The molecule has 0 spiro atoms. The van der Waals surface area contributed by atoms with Crippen molar-refractivity contribution in [2.45, 2.75) is 32.3 Å². The summed E-state index contributed by atoms with van der Waals surface area (Å²) in [5.41, 5.74) is 0.929. The molecule has 0 bridgehead atoms. The van der Waals surface area contributed by atoms with Gasteiger partial charge in [0.05, 0.1) is 6.10 Å². The molecule has 19 heavy (non-hydrogen) atoms. The third-order valence-corrected chi connectivity index (χ3v) is 3.27. The van der Waals surface area contributed by atoms with Crippen molar-refractivity contribution in [2.24, 2.45) is 5.92 Å². The maximum atomic E-state index is 12.1. The molecule has 4 nitrogen and oxygen atoms in total. The van der Waals surface area contributed by atoms with E-state index in [1.54, 1.807) is 0 Å². The van der Waals surface area contributed by atoms with Crippen LogP contribution < -0.4 is 10.1 Å². The smallest absolute Gasteiger partial charge is 0.231 e. The fourth-order valence-electron chi connectivity index (χ4n) is 2.35. The van der Waals surface area contributed by atoms with E-state index < -0.39 is 6.10 Å². The van der Waals surface area contributed by atoms with Crippen LogP contribution in [-0.4, -0.2) is 30.3 Å². The largest absolute Gasteiger partial charge is 0.492 e. The van der Waals surface area contributed by atoms with Crippen LogP contribution in [0.15, 0.2) is 24.3 Å². The molecule has 2 N–H and O–H groups in total. The number of benzene rings is 1. The number of carbonyl (C=O) groups is 1. The molecule has 2 rings (SSSR count). The molecule has 1 aliphatic rings. The molecule has 4 heteroatoms. The molecule has 0 saturated heterocycles. The number of fused-ring (bicyclic) bond motifs is 1. The number of hydrogen-bond acceptors (Lipinski definition) is 3. The Hall–Kier alpha value is -1.55. The molecule has 1 aromatic carbocycles. The van der Waals surface area contributed by atoms with Crippen LogP contribution in [0, 0.1) is 5.92 Å². The van der Waals surface area contributed by atoms with Crippen LogP contribution in [-0.2, 0) is 4.79 Å². The molecule has 0 aromatic heterocycles. The van der Waals surface area contributed by atoms with Gasteiger partial charge in [-0.1, -0.05) is 32.0 Å². The first-order valence-electron chi connectivity index (χ1n) is 6.75. The number of para-hydroxylation sites is 1. The van der Waals surface area contributed by atoms with Gasteiger partial charge < -0.3 is 15.2 Å². The second-order valence-electron chi connectivity index (χ2n) is 5.43. The van der Waals surface area contributed by atoms with Crippen molar-refractivity contribution in [3.05, 3.63) is 29.8 Å². The van der Waals surface area contributed by atoms with Crippen molar-refractivity contribution in [1.82, 2.24) is 5.32 Å². The summed E-state index contributed by atoms with van der Waals surface area (Å²) in [5.74, 6) is 0.864. The summed E-state index contributed by atoms with van der Waals surface area (Å²) in [7, 11) is 0. The predicted octanol–water partition coefficient (Wildman–Crippen LogP) is 1.69. The predicted molar refractivity (Wildman–Crippen MR) is 73.1 cm³/mol. The number of hydrogen-bond donors (Lipinski definition) is 2. The molecule has 1 heterocycles. The Morgan fingerprint density at radius 3 is 2.95 bits per heavy atom. The van der Waals surface area contributed by atoms with E-state index in [0.717, 1.165) is 11.3 Å². The van der Waals surface area contributed by atoms with E-state index in [4.69, 9.17) is 4.74 Å². The lowest BCUT2D eigenvalue weighted by molar-refractivity contribution is -0.123. The van der Waals surface area contributed by atoms with Gasteiger partial charge in [0.1, 0.15) is 18.3 Å². The minimum Gasteiger partial charge on any atom is -0.492 e. The van der Waals surface area contributed by atoms with Gasteiger partial charge in [0, 0.05) is 12.1 Å². The monoisotopic (exact) mass is 263 g/mol. The molecule has 0 saturated carbocycles. The van der Waals surface area contributed by atoms with Crippen molar-refractivity contribution in [3.8, 4) is 5.75 Å². The molecular formula is C15H21NO3. The lowest BCUT2D eigenvalue weighted by Crippen LogP contribution is -2.36. The quantitative estimate of drug-likeness (QED) is 0.850.